The van der Waals surface area contributed by atoms with Gasteiger partial charge in [0.05, 0.1) is 28.0 Å². The second-order valence-corrected chi connectivity index (χ2v) is 11.0. The van der Waals surface area contributed by atoms with E-state index in [4.69, 9.17) is 0 Å². The van der Waals surface area contributed by atoms with Crippen molar-refractivity contribution in [1.82, 2.24) is 19.9 Å². The summed E-state index contributed by atoms with van der Waals surface area (Å²) in [5, 5.41) is 3.09. The van der Waals surface area contributed by atoms with Gasteiger partial charge >= 0.3 is 6.18 Å². The maximum absolute atomic E-state index is 13.7. The summed E-state index contributed by atoms with van der Waals surface area (Å²) in [5.74, 6) is -0.221. The molecule has 0 amide bonds. The quantitative estimate of drug-likeness (QED) is 0.186. The Morgan fingerprint density at radius 2 is 1.19 bits per heavy atom. The molecule has 0 saturated heterocycles. The van der Waals surface area contributed by atoms with E-state index in [2.05, 4.69) is 19.9 Å². The highest BCUT2D eigenvalue weighted by molar-refractivity contribution is 5.98. The molecule has 0 aliphatic carbocycles. The van der Waals surface area contributed by atoms with Gasteiger partial charge in [-0.3, -0.25) is 0 Å². The fraction of sp³-hybridized carbons (Fsp3) is 0.128. The molecule has 0 fully saturated rings. The molecule has 4 nitrogen and oxygen atoms in total. The van der Waals surface area contributed by atoms with Crippen LogP contribution in [0.2, 0.25) is 0 Å². The van der Waals surface area contributed by atoms with Crippen molar-refractivity contribution in [1.29, 1.82) is 0 Å². The highest BCUT2D eigenvalue weighted by Gasteiger charge is 2.32. The third kappa shape index (κ3) is 6.06. The Labute approximate surface area is 269 Å². The Bertz CT molecular complexity index is 2370. The molecule has 4 aromatic heterocycles. The first-order valence-corrected chi connectivity index (χ1v) is 15.3. The lowest BCUT2D eigenvalue weighted by atomic mass is 10.0. The molecule has 4 aromatic carbocycles. The molecule has 8 rings (SSSR count). The lowest BCUT2D eigenvalue weighted by Gasteiger charge is -2.10. The Morgan fingerprint density at radius 1 is 0.574 bits per heavy atom. The van der Waals surface area contributed by atoms with Crippen molar-refractivity contribution in [3.8, 4) is 22.5 Å². The number of para-hydroxylation sites is 2. The van der Waals surface area contributed by atoms with Crippen molar-refractivity contribution >= 4 is 43.6 Å². The number of nitrogens with one attached hydrogen (secondary N) is 2. The SMILES string of the molecule is CC.Cc1cc(F)cc2c(-c3ccc4ccccc4n3)c[nH]c12.Cc1cccc2c(-c3ccc4c(C(F)(F)F)cccc4n3)c[nH]c12. The molecule has 8 heteroatoms. The molecule has 0 unspecified atom stereocenters. The van der Waals surface area contributed by atoms with Crippen LogP contribution < -0.4 is 0 Å². The summed E-state index contributed by atoms with van der Waals surface area (Å²) in [6, 6.07) is 28.3. The number of rotatable bonds is 2. The molecule has 8 aromatic rings. The maximum atomic E-state index is 13.7. The summed E-state index contributed by atoms with van der Waals surface area (Å²) in [6.07, 6.45) is -0.645. The van der Waals surface area contributed by atoms with Crippen molar-refractivity contribution < 1.29 is 17.6 Å². The van der Waals surface area contributed by atoms with Crippen LogP contribution in [0.3, 0.4) is 0 Å². The van der Waals surface area contributed by atoms with Crippen LogP contribution in [0.25, 0.3) is 66.1 Å². The van der Waals surface area contributed by atoms with E-state index in [0.717, 1.165) is 66.7 Å². The van der Waals surface area contributed by atoms with E-state index >= 15 is 0 Å². The second-order valence-electron chi connectivity index (χ2n) is 11.0. The summed E-state index contributed by atoms with van der Waals surface area (Å²) >= 11 is 0. The van der Waals surface area contributed by atoms with E-state index in [1.807, 2.05) is 94.7 Å². The number of halogens is 4. The normalized spacial score (nSPS) is 11.4. The van der Waals surface area contributed by atoms with Gasteiger partial charge in [-0.1, -0.05) is 68.4 Å². The number of alkyl halides is 3. The van der Waals surface area contributed by atoms with Crippen LogP contribution in [-0.2, 0) is 6.18 Å². The zero-order chi connectivity index (χ0) is 33.3. The average Bonchev–Trinajstić information content (AvgIpc) is 3.71. The second kappa shape index (κ2) is 12.7. The van der Waals surface area contributed by atoms with E-state index in [1.165, 1.54) is 18.2 Å². The Balaban J connectivity index is 0.000000157. The molecule has 0 saturated carbocycles. The molecule has 0 aliphatic rings. The van der Waals surface area contributed by atoms with Gasteiger partial charge in [-0.2, -0.15) is 13.2 Å². The number of fused-ring (bicyclic) bond motifs is 4. The third-order valence-electron chi connectivity index (χ3n) is 8.06. The van der Waals surface area contributed by atoms with Gasteiger partial charge in [0.2, 0.25) is 0 Å². The molecule has 4 heterocycles. The van der Waals surface area contributed by atoms with Crippen LogP contribution in [-0.4, -0.2) is 19.9 Å². The van der Waals surface area contributed by atoms with Gasteiger partial charge in [-0.15, -0.1) is 0 Å². The zero-order valence-electron chi connectivity index (χ0n) is 26.3. The Morgan fingerprint density at radius 3 is 1.94 bits per heavy atom. The van der Waals surface area contributed by atoms with Crippen LogP contribution in [0.15, 0.2) is 109 Å². The number of aryl methyl sites for hydroxylation is 2. The fourth-order valence-electron chi connectivity index (χ4n) is 5.87. The minimum absolute atomic E-state index is 0.116. The monoisotopic (exact) mass is 632 g/mol. The van der Waals surface area contributed by atoms with Crippen LogP contribution in [0.1, 0.15) is 30.5 Å². The molecule has 0 atom stereocenters. The number of H-pyrrole nitrogens is 2. The zero-order valence-corrected chi connectivity index (χ0v) is 26.3. The van der Waals surface area contributed by atoms with E-state index in [-0.39, 0.29) is 11.2 Å². The Hall–Kier alpha value is -5.50. The molecule has 0 radical (unpaired) electrons. The third-order valence-corrected chi connectivity index (χ3v) is 8.06. The molecule has 2 N–H and O–H groups in total. The van der Waals surface area contributed by atoms with Crippen molar-refractivity contribution in [3.63, 3.8) is 0 Å². The van der Waals surface area contributed by atoms with Gasteiger partial charge < -0.3 is 9.97 Å². The van der Waals surface area contributed by atoms with Gasteiger partial charge in [0.25, 0.3) is 0 Å². The van der Waals surface area contributed by atoms with Gasteiger partial charge in [0.1, 0.15) is 5.82 Å². The highest BCUT2D eigenvalue weighted by atomic mass is 19.4. The largest absolute Gasteiger partial charge is 0.417 e. The van der Waals surface area contributed by atoms with Crippen molar-refractivity contribution in [3.05, 3.63) is 132 Å². The van der Waals surface area contributed by atoms with Crippen LogP contribution >= 0.6 is 0 Å². The smallest absolute Gasteiger partial charge is 0.360 e. The number of nitrogens with zero attached hydrogens (tertiary/aromatic N) is 2. The summed E-state index contributed by atoms with van der Waals surface area (Å²) < 4.78 is 53.0. The molecular formula is C39H32F4N4. The van der Waals surface area contributed by atoms with Crippen molar-refractivity contribution in [2.24, 2.45) is 0 Å². The van der Waals surface area contributed by atoms with Crippen molar-refractivity contribution in [2.75, 3.05) is 0 Å². The fourth-order valence-corrected chi connectivity index (χ4v) is 5.87. The number of pyridine rings is 2. The van der Waals surface area contributed by atoms with E-state index in [0.29, 0.717) is 11.2 Å². The Kier molecular flexibility index (Phi) is 8.52. The summed E-state index contributed by atoms with van der Waals surface area (Å²) in [5.41, 5.74) is 7.92. The first kappa shape index (κ1) is 31.5. The summed E-state index contributed by atoms with van der Waals surface area (Å²) in [7, 11) is 0. The van der Waals surface area contributed by atoms with Gasteiger partial charge in [0, 0.05) is 56.1 Å². The predicted octanol–water partition coefficient (Wildman–Crippen LogP) is 11.6. The number of aromatic nitrogens is 4. The van der Waals surface area contributed by atoms with Crippen LogP contribution in [0.5, 0.6) is 0 Å². The average molecular weight is 633 g/mol. The highest BCUT2D eigenvalue weighted by Crippen LogP contribution is 2.36. The minimum atomic E-state index is -4.39. The number of hydrogen-bond acceptors (Lipinski definition) is 2. The van der Waals surface area contributed by atoms with E-state index in [9.17, 15) is 17.6 Å². The van der Waals surface area contributed by atoms with Gasteiger partial charge in [-0.25, -0.2) is 14.4 Å². The van der Waals surface area contributed by atoms with E-state index < -0.39 is 11.7 Å². The van der Waals surface area contributed by atoms with Gasteiger partial charge in [-0.05, 0) is 67.4 Å². The standard InChI is InChI=1S/C19H13F3N2.C18H13FN2.C2H6/c1-11-4-2-5-12-14(10-23-18(11)12)17-9-8-13-15(19(20,21)22)6-3-7-16(13)24-17;1-11-8-13(19)9-14-15(10-20-18(11)14)17-7-6-12-4-2-3-5-16(12)21-17;1-2/h2-10,23H,1H3;2-10,20H,1H3;1-2H3. The molecule has 47 heavy (non-hydrogen) atoms. The summed E-state index contributed by atoms with van der Waals surface area (Å²) in [4.78, 5) is 15.6. The first-order chi connectivity index (χ1) is 22.7. The predicted molar refractivity (Wildman–Crippen MR) is 184 cm³/mol. The number of benzene rings is 4. The molecule has 236 valence electrons. The lowest BCUT2D eigenvalue weighted by Crippen LogP contribution is -2.05. The molecule has 0 bridgehead atoms. The van der Waals surface area contributed by atoms with Crippen LogP contribution in [0.4, 0.5) is 17.6 Å². The molecule has 0 aliphatic heterocycles. The van der Waals surface area contributed by atoms with Gasteiger partial charge in [0.15, 0.2) is 0 Å². The summed E-state index contributed by atoms with van der Waals surface area (Å²) in [6.45, 7) is 7.91. The minimum Gasteiger partial charge on any atom is -0.360 e. The first-order valence-electron chi connectivity index (χ1n) is 15.3. The molecule has 0 spiro atoms. The van der Waals surface area contributed by atoms with E-state index in [1.54, 1.807) is 18.2 Å². The topological polar surface area (TPSA) is 57.4 Å². The molecular weight excluding hydrogens is 600 g/mol. The van der Waals surface area contributed by atoms with Crippen LogP contribution in [0, 0.1) is 19.7 Å². The number of hydrogen-bond donors (Lipinski definition) is 2. The number of aromatic amines is 2. The maximum Gasteiger partial charge on any atom is 0.417 e. The lowest BCUT2D eigenvalue weighted by molar-refractivity contribution is -0.136. The van der Waals surface area contributed by atoms with Crippen molar-refractivity contribution in [2.45, 2.75) is 33.9 Å².